The average molecular weight is 513 g/mol. The van der Waals surface area contributed by atoms with E-state index in [1.165, 1.54) is 18.2 Å². The maximum atomic E-state index is 13.5. The Morgan fingerprint density at radius 1 is 0.853 bits per heavy atom. The highest BCUT2D eigenvalue weighted by atomic mass is 35.5. The predicted octanol–water partition coefficient (Wildman–Crippen LogP) is 5.65. The molecular formula is C26H22Cl2N2O3S. The Morgan fingerprint density at radius 3 is 2.35 bits per heavy atom. The second-order valence-electron chi connectivity index (χ2n) is 7.75. The summed E-state index contributed by atoms with van der Waals surface area (Å²) in [4.78, 5) is 12.8. The molecule has 1 amide bonds. The summed E-state index contributed by atoms with van der Waals surface area (Å²) in [6.07, 6.45) is 0. The molecule has 0 saturated heterocycles. The summed E-state index contributed by atoms with van der Waals surface area (Å²) in [7, 11) is -4.11. The molecule has 4 rings (SSSR count). The van der Waals surface area contributed by atoms with Gasteiger partial charge in [0, 0.05) is 18.1 Å². The number of sulfonamides is 1. The van der Waals surface area contributed by atoms with Gasteiger partial charge in [-0.3, -0.25) is 4.79 Å². The summed E-state index contributed by atoms with van der Waals surface area (Å²) in [6, 6.07) is 27.1. The van der Waals surface area contributed by atoms with Crippen LogP contribution in [0, 0.1) is 0 Å². The molecule has 0 aliphatic carbocycles. The fraction of sp³-hybridized carbons (Fsp3) is 0.115. The fourth-order valence-electron chi connectivity index (χ4n) is 3.68. The first kappa shape index (κ1) is 24.2. The van der Waals surface area contributed by atoms with Gasteiger partial charge in [-0.1, -0.05) is 96.0 Å². The summed E-state index contributed by atoms with van der Waals surface area (Å²) >= 11 is 12.2. The van der Waals surface area contributed by atoms with E-state index in [2.05, 4.69) is 5.32 Å². The summed E-state index contributed by atoms with van der Waals surface area (Å²) in [5, 5.41) is 5.23. The Morgan fingerprint density at radius 2 is 1.56 bits per heavy atom. The molecular weight excluding hydrogens is 491 g/mol. The molecule has 0 aliphatic rings. The van der Waals surface area contributed by atoms with Crippen molar-refractivity contribution in [3.05, 3.63) is 112 Å². The molecule has 0 saturated carbocycles. The highest BCUT2D eigenvalue weighted by molar-refractivity contribution is 7.89. The van der Waals surface area contributed by atoms with Crippen molar-refractivity contribution in [3.8, 4) is 0 Å². The van der Waals surface area contributed by atoms with E-state index in [1.54, 1.807) is 12.1 Å². The fourth-order valence-corrected chi connectivity index (χ4v) is 5.81. The van der Waals surface area contributed by atoms with Crippen molar-refractivity contribution in [3.63, 3.8) is 0 Å². The van der Waals surface area contributed by atoms with Gasteiger partial charge in [-0.15, -0.1) is 0 Å². The van der Waals surface area contributed by atoms with Crippen molar-refractivity contribution in [2.75, 3.05) is 6.54 Å². The second-order valence-corrected chi connectivity index (χ2v) is 10.5. The van der Waals surface area contributed by atoms with Crippen LogP contribution in [0.5, 0.6) is 0 Å². The second kappa shape index (κ2) is 10.6. The number of fused-ring (bicyclic) bond motifs is 1. The zero-order chi connectivity index (χ0) is 24.1. The normalized spacial score (nSPS) is 11.6. The maximum Gasteiger partial charge on any atom is 0.245 e. The number of hydrogen-bond acceptors (Lipinski definition) is 3. The first-order valence-electron chi connectivity index (χ1n) is 10.6. The molecule has 0 aliphatic heterocycles. The standard InChI is InChI=1S/C26H22Cl2N2O3S/c27-22-13-14-24(28)25(15-22)34(32,33)30(17-19-7-2-1-3-8-19)18-26(31)29-16-21-11-6-10-20-9-4-5-12-23(20)21/h1-15H,16-18H2,(H,29,31). The third kappa shape index (κ3) is 5.59. The molecule has 8 heteroatoms. The highest BCUT2D eigenvalue weighted by Gasteiger charge is 2.29. The van der Waals surface area contributed by atoms with Crippen LogP contribution in [-0.4, -0.2) is 25.2 Å². The van der Waals surface area contributed by atoms with Crippen LogP contribution in [0.3, 0.4) is 0 Å². The van der Waals surface area contributed by atoms with E-state index in [0.29, 0.717) is 0 Å². The SMILES string of the molecule is O=C(CN(Cc1ccccc1)S(=O)(=O)c1cc(Cl)ccc1Cl)NCc1cccc2ccccc12. The minimum Gasteiger partial charge on any atom is -0.351 e. The van der Waals surface area contributed by atoms with Gasteiger partial charge in [-0.25, -0.2) is 8.42 Å². The van der Waals surface area contributed by atoms with Crippen molar-refractivity contribution in [2.45, 2.75) is 18.0 Å². The quantitative estimate of drug-likeness (QED) is 0.331. The number of nitrogens with zero attached hydrogens (tertiary/aromatic N) is 1. The van der Waals surface area contributed by atoms with Crippen molar-refractivity contribution in [2.24, 2.45) is 0 Å². The Kier molecular flexibility index (Phi) is 7.54. The van der Waals surface area contributed by atoms with Crippen LogP contribution < -0.4 is 5.32 Å². The number of amides is 1. The minimum absolute atomic E-state index is 0.00764. The third-order valence-corrected chi connectivity index (χ3v) is 7.90. The van der Waals surface area contributed by atoms with Crippen LogP contribution in [0.25, 0.3) is 10.8 Å². The first-order valence-corrected chi connectivity index (χ1v) is 12.8. The van der Waals surface area contributed by atoms with Crippen molar-refractivity contribution >= 4 is 49.9 Å². The molecule has 1 N–H and O–H groups in total. The number of rotatable bonds is 8. The van der Waals surface area contributed by atoms with Crippen LogP contribution in [0.2, 0.25) is 10.0 Å². The van der Waals surface area contributed by atoms with Crippen LogP contribution in [0.15, 0.2) is 95.9 Å². The van der Waals surface area contributed by atoms with E-state index in [9.17, 15) is 13.2 Å². The molecule has 0 atom stereocenters. The maximum absolute atomic E-state index is 13.5. The lowest BCUT2D eigenvalue weighted by Crippen LogP contribution is -2.40. The molecule has 174 valence electrons. The van der Waals surface area contributed by atoms with E-state index in [-0.39, 0.29) is 34.6 Å². The Balaban J connectivity index is 1.57. The van der Waals surface area contributed by atoms with Crippen molar-refractivity contribution < 1.29 is 13.2 Å². The summed E-state index contributed by atoms with van der Waals surface area (Å²) < 4.78 is 28.1. The summed E-state index contributed by atoms with van der Waals surface area (Å²) in [6.45, 7) is -0.0874. The average Bonchev–Trinajstić information content (AvgIpc) is 2.84. The van der Waals surface area contributed by atoms with Crippen molar-refractivity contribution in [1.29, 1.82) is 0 Å². The molecule has 0 fully saturated rings. The van der Waals surface area contributed by atoms with Gasteiger partial charge in [0.05, 0.1) is 11.6 Å². The van der Waals surface area contributed by atoms with Crippen LogP contribution in [0.1, 0.15) is 11.1 Å². The van der Waals surface area contributed by atoms with E-state index in [1.807, 2.05) is 60.7 Å². The van der Waals surface area contributed by atoms with Gasteiger partial charge in [0.1, 0.15) is 4.90 Å². The van der Waals surface area contributed by atoms with E-state index in [0.717, 1.165) is 26.2 Å². The third-order valence-electron chi connectivity index (χ3n) is 5.39. The molecule has 0 spiro atoms. The molecule has 0 radical (unpaired) electrons. The molecule has 4 aromatic carbocycles. The number of halogens is 2. The van der Waals surface area contributed by atoms with Crippen molar-refractivity contribution in [1.82, 2.24) is 9.62 Å². The zero-order valence-corrected chi connectivity index (χ0v) is 20.4. The molecule has 0 bridgehead atoms. The molecule has 34 heavy (non-hydrogen) atoms. The van der Waals surface area contributed by atoms with Crippen LogP contribution in [0.4, 0.5) is 0 Å². The summed E-state index contributed by atoms with van der Waals surface area (Å²) in [5.74, 6) is -0.425. The number of carbonyl (C=O) groups is 1. The molecule has 4 aromatic rings. The lowest BCUT2D eigenvalue weighted by Gasteiger charge is -2.23. The van der Waals surface area contributed by atoms with Gasteiger partial charge in [-0.05, 0) is 40.1 Å². The lowest BCUT2D eigenvalue weighted by molar-refractivity contribution is -0.121. The van der Waals surface area contributed by atoms with E-state index >= 15 is 0 Å². The molecule has 0 unspecified atom stereocenters. The first-order chi connectivity index (χ1) is 16.3. The number of benzene rings is 4. The topological polar surface area (TPSA) is 66.5 Å². The van der Waals surface area contributed by atoms with Gasteiger partial charge < -0.3 is 5.32 Å². The lowest BCUT2D eigenvalue weighted by atomic mass is 10.0. The van der Waals surface area contributed by atoms with Crippen LogP contribution in [-0.2, 0) is 27.9 Å². The smallest absolute Gasteiger partial charge is 0.245 e. The molecule has 0 aromatic heterocycles. The van der Waals surface area contributed by atoms with Gasteiger partial charge in [0.2, 0.25) is 15.9 Å². The van der Waals surface area contributed by atoms with Gasteiger partial charge in [0.25, 0.3) is 0 Å². The van der Waals surface area contributed by atoms with E-state index in [4.69, 9.17) is 23.2 Å². The van der Waals surface area contributed by atoms with Gasteiger partial charge >= 0.3 is 0 Å². The summed E-state index contributed by atoms with van der Waals surface area (Å²) in [5.41, 5.74) is 1.69. The predicted molar refractivity (Wildman–Crippen MR) is 136 cm³/mol. The van der Waals surface area contributed by atoms with Crippen LogP contribution >= 0.6 is 23.2 Å². The number of hydrogen-bond donors (Lipinski definition) is 1. The number of carbonyl (C=O) groups excluding carboxylic acids is 1. The monoisotopic (exact) mass is 512 g/mol. The Labute approximate surface area is 209 Å². The molecule has 0 heterocycles. The zero-order valence-electron chi connectivity index (χ0n) is 18.1. The highest BCUT2D eigenvalue weighted by Crippen LogP contribution is 2.28. The largest absolute Gasteiger partial charge is 0.351 e. The molecule has 5 nitrogen and oxygen atoms in total. The van der Waals surface area contributed by atoms with Gasteiger partial charge in [-0.2, -0.15) is 4.31 Å². The van der Waals surface area contributed by atoms with Gasteiger partial charge in [0.15, 0.2) is 0 Å². The Hall–Kier alpha value is -2.90. The van der Waals surface area contributed by atoms with E-state index < -0.39 is 15.9 Å². The minimum atomic E-state index is -4.11. The Bertz CT molecular complexity index is 1420. The number of nitrogens with one attached hydrogen (secondary N) is 1.